The highest BCUT2D eigenvalue weighted by Gasteiger charge is 2.14. The summed E-state index contributed by atoms with van der Waals surface area (Å²) < 4.78 is 0. The molecule has 0 fully saturated rings. The lowest BCUT2D eigenvalue weighted by Gasteiger charge is -2.02. The van der Waals surface area contributed by atoms with Crippen LogP contribution in [-0.2, 0) is 6.42 Å². The Morgan fingerprint density at radius 3 is 2.88 bits per heavy atom. The van der Waals surface area contributed by atoms with Crippen molar-refractivity contribution >= 4 is 24.3 Å². The van der Waals surface area contributed by atoms with Gasteiger partial charge < -0.3 is 5.32 Å². The van der Waals surface area contributed by atoms with Crippen molar-refractivity contribution < 1.29 is 0 Å². The summed E-state index contributed by atoms with van der Waals surface area (Å²) in [6.07, 6.45) is 4.39. The molecule has 0 spiro atoms. The van der Waals surface area contributed by atoms with Crippen LogP contribution in [0.25, 0.3) is 6.08 Å². The van der Waals surface area contributed by atoms with Gasteiger partial charge in [0.1, 0.15) is 5.84 Å². The zero-order valence-electron chi connectivity index (χ0n) is 9.07. The number of hydrogen-bond acceptors (Lipinski definition) is 2. The SMILES string of the molecule is C1=C(CC2=NCCN2)Cc2ccccc21.Cl. The lowest BCUT2D eigenvalue weighted by molar-refractivity contribution is 0.950. The van der Waals surface area contributed by atoms with E-state index in [1.54, 1.807) is 0 Å². The van der Waals surface area contributed by atoms with Gasteiger partial charge in [-0.1, -0.05) is 35.9 Å². The lowest BCUT2D eigenvalue weighted by atomic mass is 10.1. The molecule has 1 aliphatic carbocycles. The molecule has 1 N–H and O–H groups in total. The highest BCUT2D eigenvalue weighted by atomic mass is 35.5. The van der Waals surface area contributed by atoms with E-state index in [2.05, 4.69) is 40.7 Å². The molecule has 2 nitrogen and oxygen atoms in total. The van der Waals surface area contributed by atoms with E-state index in [0.29, 0.717) is 0 Å². The van der Waals surface area contributed by atoms with Crippen molar-refractivity contribution in [1.29, 1.82) is 0 Å². The van der Waals surface area contributed by atoms with Crippen molar-refractivity contribution in [2.45, 2.75) is 12.8 Å². The minimum absolute atomic E-state index is 0. The fourth-order valence-electron chi connectivity index (χ4n) is 2.25. The Hall–Kier alpha value is -1.28. The second-order valence-corrected chi connectivity index (χ2v) is 4.11. The zero-order chi connectivity index (χ0) is 10.1. The van der Waals surface area contributed by atoms with Gasteiger partial charge in [-0.3, -0.25) is 4.99 Å². The van der Waals surface area contributed by atoms with E-state index in [9.17, 15) is 0 Å². The molecule has 1 heterocycles. The minimum Gasteiger partial charge on any atom is -0.372 e. The molecule has 1 aromatic carbocycles. The summed E-state index contributed by atoms with van der Waals surface area (Å²) in [6, 6.07) is 8.61. The van der Waals surface area contributed by atoms with E-state index in [1.165, 1.54) is 16.7 Å². The van der Waals surface area contributed by atoms with Crippen LogP contribution in [0, 0.1) is 0 Å². The number of nitrogens with zero attached hydrogens (tertiary/aromatic N) is 1. The number of amidine groups is 1. The zero-order valence-corrected chi connectivity index (χ0v) is 9.89. The van der Waals surface area contributed by atoms with Crippen LogP contribution < -0.4 is 5.32 Å². The normalized spacial score (nSPS) is 17.0. The lowest BCUT2D eigenvalue weighted by Crippen LogP contribution is -2.18. The minimum atomic E-state index is 0. The molecular weight excluding hydrogens is 220 g/mol. The topological polar surface area (TPSA) is 24.4 Å². The van der Waals surface area contributed by atoms with Crippen LogP contribution in [0.5, 0.6) is 0 Å². The first-order valence-corrected chi connectivity index (χ1v) is 5.46. The third-order valence-electron chi connectivity index (χ3n) is 2.97. The second-order valence-electron chi connectivity index (χ2n) is 4.11. The van der Waals surface area contributed by atoms with Crippen molar-refractivity contribution in [2.75, 3.05) is 13.1 Å². The van der Waals surface area contributed by atoms with Crippen molar-refractivity contribution in [2.24, 2.45) is 4.99 Å². The van der Waals surface area contributed by atoms with Gasteiger partial charge in [-0.05, 0) is 17.5 Å². The Morgan fingerprint density at radius 1 is 1.25 bits per heavy atom. The van der Waals surface area contributed by atoms with Gasteiger partial charge in [-0.25, -0.2) is 0 Å². The van der Waals surface area contributed by atoms with Crippen molar-refractivity contribution in [3.05, 3.63) is 41.0 Å². The summed E-state index contributed by atoms with van der Waals surface area (Å²) >= 11 is 0. The van der Waals surface area contributed by atoms with Crippen LogP contribution in [0.15, 0.2) is 34.8 Å². The van der Waals surface area contributed by atoms with Gasteiger partial charge in [0.05, 0.1) is 6.54 Å². The Bertz CT molecular complexity index is 449. The first-order chi connectivity index (χ1) is 7.42. The molecular formula is C13H15ClN2. The maximum Gasteiger partial charge on any atom is 0.101 e. The predicted molar refractivity (Wildman–Crippen MR) is 70.3 cm³/mol. The maximum atomic E-state index is 4.43. The molecule has 0 atom stereocenters. The molecule has 1 aromatic rings. The van der Waals surface area contributed by atoms with Gasteiger partial charge in [-0.2, -0.15) is 0 Å². The Morgan fingerprint density at radius 2 is 2.12 bits per heavy atom. The molecule has 0 saturated heterocycles. The van der Waals surface area contributed by atoms with Crippen LogP contribution in [-0.4, -0.2) is 18.9 Å². The van der Waals surface area contributed by atoms with Crippen LogP contribution in [0.1, 0.15) is 17.5 Å². The van der Waals surface area contributed by atoms with E-state index >= 15 is 0 Å². The molecule has 3 heteroatoms. The van der Waals surface area contributed by atoms with Crippen molar-refractivity contribution in [1.82, 2.24) is 5.32 Å². The largest absolute Gasteiger partial charge is 0.372 e. The number of rotatable bonds is 2. The monoisotopic (exact) mass is 234 g/mol. The Labute approximate surface area is 102 Å². The van der Waals surface area contributed by atoms with E-state index in [1.807, 2.05) is 0 Å². The molecule has 0 amide bonds. The fourth-order valence-corrected chi connectivity index (χ4v) is 2.25. The Balaban J connectivity index is 0.000000963. The van der Waals surface area contributed by atoms with Crippen molar-refractivity contribution in [3.63, 3.8) is 0 Å². The molecule has 2 aliphatic rings. The number of fused-ring (bicyclic) bond motifs is 1. The molecule has 0 unspecified atom stereocenters. The van der Waals surface area contributed by atoms with Crippen LogP contribution in [0.4, 0.5) is 0 Å². The average molecular weight is 235 g/mol. The first kappa shape index (κ1) is 11.2. The molecule has 1 aliphatic heterocycles. The third-order valence-corrected chi connectivity index (χ3v) is 2.97. The van der Waals surface area contributed by atoms with Crippen LogP contribution in [0.2, 0.25) is 0 Å². The van der Waals surface area contributed by atoms with E-state index < -0.39 is 0 Å². The summed E-state index contributed by atoms with van der Waals surface area (Å²) in [5.74, 6) is 1.16. The van der Waals surface area contributed by atoms with E-state index in [4.69, 9.17) is 0 Å². The molecule has 3 rings (SSSR count). The van der Waals surface area contributed by atoms with Gasteiger partial charge in [-0.15, -0.1) is 12.4 Å². The fraction of sp³-hybridized carbons (Fsp3) is 0.308. The van der Waals surface area contributed by atoms with Gasteiger partial charge in [0.2, 0.25) is 0 Å². The van der Waals surface area contributed by atoms with E-state index in [-0.39, 0.29) is 12.4 Å². The average Bonchev–Trinajstić information content (AvgIpc) is 2.86. The molecule has 84 valence electrons. The summed E-state index contributed by atoms with van der Waals surface area (Å²) in [7, 11) is 0. The highest BCUT2D eigenvalue weighted by Crippen LogP contribution is 2.26. The third kappa shape index (κ3) is 2.12. The smallest absolute Gasteiger partial charge is 0.101 e. The van der Waals surface area contributed by atoms with Gasteiger partial charge in [0.15, 0.2) is 0 Å². The first-order valence-electron chi connectivity index (χ1n) is 5.46. The molecule has 16 heavy (non-hydrogen) atoms. The Kier molecular flexibility index (Phi) is 3.30. The number of nitrogens with one attached hydrogen (secondary N) is 1. The molecule has 0 bridgehead atoms. The molecule has 0 radical (unpaired) electrons. The van der Waals surface area contributed by atoms with Crippen molar-refractivity contribution in [3.8, 4) is 0 Å². The van der Waals surface area contributed by atoms with Gasteiger partial charge >= 0.3 is 0 Å². The predicted octanol–water partition coefficient (Wildman–Crippen LogP) is 2.44. The van der Waals surface area contributed by atoms with Crippen LogP contribution in [0.3, 0.4) is 0 Å². The van der Waals surface area contributed by atoms with Gasteiger partial charge in [0, 0.05) is 13.0 Å². The number of aliphatic imine (C=N–C) groups is 1. The van der Waals surface area contributed by atoms with Crippen LogP contribution >= 0.6 is 12.4 Å². The quantitative estimate of drug-likeness (QED) is 0.835. The second kappa shape index (κ2) is 4.71. The number of hydrogen-bond donors (Lipinski definition) is 1. The summed E-state index contributed by atoms with van der Waals surface area (Å²) in [5, 5.41) is 3.32. The number of halogens is 1. The maximum absolute atomic E-state index is 4.43. The highest BCUT2D eigenvalue weighted by molar-refractivity contribution is 5.87. The summed E-state index contributed by atoms with van der Waals surface area (Å²) in [5.41, 5.74) is 4.31. The van der Waals surface area contributed by atoms with Gasteiger partial charge in [0.25, 0.3) is 0 Å². The number of benzene rings is 1. The van der Waals surface area contributed by atoms with E-state index in [0.717, 1.165) is 31.8 Å². The standard InChI is InChI=1S/C13H14N2.ClH/c1-2-4-12-8-10(7-11(12)3-1)9-13-14-5-6-15-13;/h1-4,7H,5-6,8-9H2,(H,14,15);1H. The summed E-state index contributed by atoms with van der Waals surface area (Å²) in [4.78, 5) is 4.43. The molecule has 0 aromatic heterocycles. The molecule has 0 saturated carbocycles. The summed E-state index contributed by atoms with van der Waals surface area (Å²) in [6.45, 7) is 1.95.